The molecule has 2 heterocycles. The lowest BCUT2D eigenvalue weighted by atomic mass is 9.96. The molecular formula is C18H22N4O. The minimum atomic E-state index is -0.109. The fourth-order valence-electron chi connectivity index (χ4n) is 2.91. The second kappa shape index (κ2) is 6.38. The highest BCUT2D eigenvalue weighted by atomic mass is 16.1. The second-order valence-electron chi connectivity index (χ2n) is 6.20. The van der Waals surface area contributed by atoms with E-state index in [-0.39, 0.29) is 17.9 Å². The number of benzene rings is 1. The zero-order valence-electron chi connectivity index (χ0n) is 13.3. The molecule has 1 aliphatic rings. The molecule has 23 heavy (non-hydrogen) atoms. The highest BCUT2D eigenvalue weighted by molar-refractivity contribution is 5.97. The Bertz CT molecular complexity index is 729. The zero-order valence-corrected chi connectivity index (χ0v) is 13.3. The molecule has 0 saturated carbocycles. The summed E-state index contributed by atoms with van der Waals surface area (Å²) in [5.41, 5.74) is 16.3. The smallest absolute Gasteiger partial charge is 0.227 e. The van der Waals surface area contributed by atoms with Gasteiger partial charge in [-0.2, -0.15) is 0 Å². The molecule has 0 fully saturated rings. The lowest BCUT2D eigenvalue weighted by Gasteiger charge is -2.19. The zero-order chi connectivity index (χ0) is 16.4. The number of nitrogens with zero attached hydrogens (tertiary/aromatic N) is 1. The van der Waals surface area contributed by atoms with Crippen molar-refractivity contribution in [1.82, 2.24) is 4.98 Å². The summed E-state index contributed by atoms with van der Waals surface area (Å²) in [6.07, 6.45) is 4.28. The molecule has 1 aromatic heterocycles. The van der Waals surface area contributed by atoms with Gasteiger partial charge in [-0.25, -0.2) is 0 Å². The minimum Gasteiger partial charge on any atom is -0.399 e. The van der Waals surface area contributed by atoms with Crippen molar-refractivity contribution in [2.45, 2.75) is 32.2 Å². The molecule has 5 N–H and O–H groups in total. The quantitative estimate of drug-likeness (QED) is 0.652. The van der Waals surface area contributed by atoms with Gasteiger partial charge in [0, 0.05) is 29.4 Å². The normalized spacial score (nSPS) is 21.6. The summed E-state index contributed by atoms with van der Waals surface area (Å²) in [7, 11) is 0. The highest BCUT2D eigenvalue weighted by Gasteiger charge is 2.18. The van der Waals surface area contributed by atoms with Crippen LogP contribution in [0.15, 0.2) is 36.5 Å². The molecule has 120 valence electrons. The summed E-state index contributed by atoms with van der Waals surface area (Å²) in [6, 6.07) is 9.36. The Kier molecular flexibility index (Phi) is 4.30. The van der Waals surface area contributed by atoms with E-state index in [0.717, 1.165) is 41.8 Å². The summed E-state index contributed by atoms with van der Waals surface area (Å²) >= 11 is 0. The molecule has 1 aromatic carbocycles. The average molecular weight is 310 g/mol. The molecule has 0 radical (unpaired) electrons. The monoisotopic (exact) mass is 310 g/mol. The number of aromatic nitrogens is 1. The molecule has 2 atom stereocenters. The van der Waals surface area contributed by atoms with Crippen molar-refractivity contribution >= 4 is 17.3 Å². The van der Waals surface area contributed by atoms with Crippen molar-refractivity contribution in [3.05, 3.63) is 42.2 Å². The third kappa shape index (κ3) is 3.35. The summed E-state index contributed by atoms with van der Waals surface area (Å²) in [5, 5.41) is 3.02. The van der Waals surface area contributed by atoms with Crippen LogP contribution in [0.1, 0.15) is 37.9 Å². The molecule has 1 aliphatic heterocycles. The number of amides is 1. The van der Waals surface area contributed by atoms with Gasteiger partial charge in [-0.15, -0.1) is 0 Å². The van der Waals surface area contributed by atoms with Crippen LogP contribution in [-0.2, 0) is 4.79 Å². The van der Waals surface area contributed by atoms with Gasteiger partial charge >= 0.3 is 0 Å². The van der Waals surface area contributed by atoms with Crippen LogP contribution in [0.3, 0.4) is 0 Å². The van der Waals surface area contributed by atoms with Gasteiger partial charge in [-0.05, 0) is 42.7 Å². The van der Waals surface area contributed by atoms with Gasteiger partial charge in [-0.3, -0.25) is 9.78 Å². The maximum Gasteiger partial charge on any atom is 0.227 e. The van der Waals surface area contributed by atoms with Gasteiger partial charge < -0.3 is 16.8 Å². The lowest BCUT2D eigenvalue weighted by Crippen LogP contribution is -2.22. The van der Waals surface area contributed by atoms with Crippen molar-refractivity contribution in [3.8, 4) is 11.1 Å². The first-order chi connectivity index (χ1) is 11.0. The van der Waals surface area contributed by atoms with Crippen molar-refractivity contribution in [3.63, 3.8) is 0 Å². The predicted molar refractivity (Wildman–Crippen MR) is 92.7 cm³/mol. The van der Waals surface area contributed by atoms with E-state index in [0.29, 0.717) is 5.69 Å². The number of nitrogens with two attached hydrogens (primary N) is 2. The Morgan fingerprint density at radius 1 is 1.22 bits per heavy atom. The van der Waals surface area contributed by atoms with E-state index in [4.69, 9.17) is 11.5 Å². The maximum absolute atomic E-state index is 12.4. The number of pyridine rings is 1. The van der Waals surface area contributed by atoms with E-state index < -0.39 is 0 Å². The first kappa shape index (κ1) is 15.5. The van der Waals surface area contributed by atoms with E-state index in [9.17, 15) is 4.79 Å². The number of anilines is 2. The van der Waals surface area contributed by atoms with Crippen LogP contribution in [-0.4, -0.2) is 10.9 Å². The average Bonchev–Trinajstić information content (AvgIpc) is 2.54. The molecule has 0 unspecified atom stereocenters. The van der Waals surface area contributed by atoms with Gasteiger partial charge in [0.05, 0.1) is 11.4 Å². The summed E-state index contributed by atoms with van der Waals surface area (Å²) in [4.78, 5) is 16.8. The van der Waals surface area contributed by atoms with Gasteiger partial charge in [0.25, 0.3) is 0 Å². The van der Waals surface area contributed by atoms with Crippen LogP contribution < -0.4 is 16.8 Å². The largest absolute Gasteiger partial charge is 0.399 e. The van der Waals surface area contributed by atoms with Crippen LogP contribution in [0.25, 0.3) is 11.1 Å². The van der Waals surface area contributed by atoms with Crippen LogP contribution >= 0.6 is 0 Å². The number of hydrogen-bond acceptors (Lipinski definition) is 4. The van der Waals surface area contributed by atoms with E-state index in [1.54, 1.807) is 12.3 Å². The van der Waals surface area contributed by atoms with E-state index in [2.05, 4.69) is 10.3 Å². The molecule has 2 bridgehead atoms. The number of carbonyl (C=O) groups excluding carboxylic acids is 1. The van der Waals surface area contributed by atoms with Gasteiger partial charge in [0.2, 0.25) is 5.91 Å². The predicted octanol–water partition coefficient (Wildman–Crippen LogP) is 3.09. The minimum absolute atomic E-state index is 0.0141. The molecule has 3 rings (SSSR count). The fourth-order valence-corrected chi connectivity index (χ4v) is 2.91. The Labute approximate surface area is 136 Å². The van der Waals surface area contributed by atoms with E-state index in [1.165, 1.54) is 0 Å². The molecule has 5 nitrogen and oxygen atoms in total. The Morgan fingerprint density at radius 3 is 2.87 bits per heavy atom. The number of hydrogen-bond donors (Lipinski definition) is 3. The Morgan fingerprint density at radius 2 is 2.04 bits per heavy atom. The Hall–Kier alpha value is -2.40. The number of nitrogens with one attached hydrogen (secondary N) is 1. The SMILES string of the molecule is C[C@@H]1CCC[C@H](N)c2cc(ccn2)-c2ccc(N)cc2NC1=O. The summed E-state index contributed by atoms with van der Waals surface area (Å²) in [5.74, 6) is -0.0533. The van der Waals surface area contributed by atoms with Crippen LogP contribution in [0.4, 0.5) is 11.4 Å². The van der Waals surface area contributed by atoms with Gasteiger partial charge in [-0.1, -0.05) is 19.4 Å². The van der Waals surface area contributed by atoms with Crippen molar-refractivity contribution in [2.75, 3.05) is 11.1 Å². The van der Waals surface area contributed by atoms with Crippen LogP contribution in [0.5, 0.6) is 0 Å². The fraction of sp³-hybridized carbons (Fsp3) is 0.333. The van der Waals surface area contributed by atoms with Crippen LogP contribution in [0.2, 0.25) is 0 Å². The number of fused-ring (bicyclic) bond motifs is 4. The molecule has 5 heteroatoms. The number of carbonyl (C=O) groups is 1. The van der Waals surface area contributed by atoms with Crippen molar-refractivity contribution in [2.24, 2.45) is 11.7 Å². The molecular weight excluding hydrogens is 288 g/mol. The molecule has 2 aromatic rings. The van der Waals surface area contributed by atoms with Crippen molar-refractivity contribution < 1.29 is 4.79 Å². The third-order valence-electron chi connectivity index (χ3n) is 4.37. The molecule has 0 spiro atoms. The lowest BCUT2D eigenvalue weighted by molar-refractivity contribution is -0.119. The molecule has 1 amide bonds. The molecule has 0 aliphatic carbocycles. The highest BCUT2D eigenvalue weighted by Crippen LogP contribution is 2.32. The van der Waals surface area contributed by atoms with E-state index >= 15 is 0 Å². The first-order valence-corrected chi connectivity index (χ1v) is 7.97. The summed E-state index contributed by atoms with van der Waals surface area (Å²) < 4.78 is 0. The molecule has 0 saturated heterocycles. The number of nitrogen functional groups attached to an aromatic ring is 1. The van der Waals surface area contributed by atoms with Crippen LogP contribution in [0, 0.1) is 5.92 Å². The topological polar surface area (TPSA) is 94.0 Å². The summed E-state index contributed by atoms with van der Waals surface area (Å²) in [6.45, 7) is 1.94. The third-order valence-corrected chi connectivity index (χ3v) is 4.37. The standard InChI is InChI=1S/C18H22N4O/c1-11-3-2-4-15(20)17-9-12(7-8-21-17)14-6-5-13(19)10-16(14)22-18(11)23/h5-11,15H,2-4,19-20H2,1H3,(H,22,23)/t11-,15+/m1/s1. The van der Waals surface area contributed by atoms with E-state index in [1.807, 2.05) is 31.2 Å². The number of rotatable bonds is 0. The second-order valence-corrected chi connectivity index (χ2v) is 6.20. The first-order valence-electron chi connectivity index (χ1n) is 7.97. The van der Waals surface area contributed by atoms with Gasteiger partial charge in [0.1, 0.15) is 0 Å². The van der Waals surface area contributed by atoms with Crippen molar-refractivity contribution in [1.29, 1.82) is 0 Å². The Balaban J connectivity index is 2.12. The van der Waals surface area contributed by atoms with Gasteiger partial charge in [0.15, 0.2) is 0 Å². The maximum atomic E-state index is 12.4.